The predicted octanol–water partition coefficient (Wildman–Crippen LogP) is 5.43. The molecule has 0 saturated carbocycles. The monoisotopic (exact) mass is 752 g/mol. The van der Waals surface area contributed by atoms with Crippen LogP contribution in [0.3, 0.4) is 0 Å². The predicted molar refractivity (Wildman–Crippen MR) is 139 cm³/mol. The fourth-order valence-corrected chi connectivity index (χ4v) is 4.58. The van der Waals surface area contributed by atoms with Gasteiger partial charge in [-0.2, -0.15) is 0 Å². The molecule has 0 fully saturated rings. The first-order chi connectivity index (χ1) is 14.0. The van der Waals surface area contributed by atoms with E-state index in [0.717, 1.165) is 10.7 Å². The molecule has 1 aromatic rings. The minimum absolute atomic E-state index is 0.169. The molecule has 0 saturated heterocycles. The number of hydrogen-bond acceptors (Lipinski definition) is 6. The number of rotatable bonds is 10. The second-order valence-electron chi connectivity index (χ2n) is 6.61. The van der Waals surface area contributed by atoms with Crippen molar-refractivity contribution < 1.29 is 28.6 Å². The van der Waals surface area contributed by atoms with Gasteiger partial charge < -0.3 is 14.2 Å². The zero-order chi connectivity index (χ0) is 23.0. The molecule has 0 bridgehead atoms. The van der Waals surface area contributed by atoms with Crippen molar-refractivity contribution in [2.75, 3.05) is 6.61 Å². The summed E-state index contributed by atoms with van der Waals surface area (Å²) in [6.45, 7) is 11.8. The Labute approximate surface area is 217 Å². The van der Waals surface area contributed by atoms with E-state index in [1.807, 2.05) is 13.0 Å². The first kappa shape index (κ1) is 27.3. The average Bonchev–Trinajstić information content (AvgIpc) is 2.67. The Morgan fingerprint density at radius 2 is 1.57 bits per heavy atom. The number of esters is 3. The van der Waals surface area contributed by atoms with Crippen molar-refractivity contribution in [1.82, 2.24) is 0 Å². The van der Waals surface area contributed by atoms with Crippen LogP contribution in [0.2, 0.25) is 0 Å². The summed E-state index contributed by atoms with van der Waals surface area (Å²) in [6.07, 6.45) is -0.637. The third-order valence-electron chi connectivity index (χ3n) is 3.84. The van der Waals surface area contributed by atoms with E-state index in [0.29, 0.717) is 12.0 Å². The number of halogens is 3. The Morgan fingerprint density at radius 1 is 0.967 bits per heavy atom. The number of ether oxygens (including phenoxy) is 3. The van der Waals surface area contributed by atoms with Crippen molar-refractivity contribution in [3.63, 3.8) is 0 Å². The van der Waals surface area contributed by atoms with Crippen LogP contribution in [0.4, 0.5) is 0 Å². The maximum absolute atomic E-state index is 12.8. The largest absolute Gasteiger partial charge is 0.459 e. The van der Waals surface area contributed by atoms with Crippen LogP contribution in [0.5, 0.6) is 0 Å². The van der Waals surface area contributed by atoms with E-state index in [4.69, 9.17) is 14.2 Å². The molecule has 9 heteroatoms. The van der Waals surface area contributed by atoms with Gasteiger partial charge in [0, 0.05) is 28.3 Å². The van der Waals surface area contributed by atoms with Gasteiger partial charge in [-0.1, -0.05) is 20.1 Å². The Kier molecular flexibility index (Phi) is 11.8. The lowest BCUT2D eigenvalue weighted by Gasteiger charge is -2.23. The van der Waals surface area contributed by atoms with Crippen LogP contribution in [0.1, 0.15) is 44.0 Å². The summed E-state index contributed by atoms with van der Waals surface area (Å²) in [5, 5.41) is 0. The fraction of sp³-hybridized carbons (Fsp3) is 0.381. The normalized spacial score (nSPS) is 12.5. The highest BCUT2D eigenvalue weighted by molar-refractivity contribution is 14.1. The highest BCUT2D eigenvalue weighted by Crippen LogP contribution is 2.24. The van der Waals surface area contributed by atoms with E-state index in [-0.39, 0.29) is 24.2 Å². The van der Waals surface area contributed by atoms with Gasteiger partial charge in [-0.15, -0.1) is 0 Å². The molecule has 2 atom stereocenters. The number of carbonyl (C=O) groups is 3. The summed E-state index contributed by atoms with van der Waals surface area (Å²) in [4.78, 5) is 36.4. The summed E-state index contributed by atoms with van der Waals surface area (Å²) in [5.41, 5.74) is 0.940. The molecule has 0 aliphatic rings. The molecule has 0 aromatic heterocycles. The van der Waals surface area contributed by atoms with Gasteiger partial charge in [0.1, 0.15) is 18.8 Å². The van der Waals surface area contributed by atoms with E-state index < -0.39 is 30.1 Å². The molecule has 0 N–H and O–H groups in total. The summed E-state index contributed by atoms with van der Waals surface area (Å²) in [5.74, 6) is -1.64. The lowest BCUT2D eigenvalue weighted by Crippen LogP contribution is -2.31. The molecule has 0 amide bonds. The molecule has 1 aromatic carbocycles. The van der Waals surface area contributed by atoms with Crippen LogP contribution in [-0.2, 0) is 23.8 Å². The van der Waals surface area contributed by atoms with E-state index in [2.05, 4.69) is 80.9 Å². The topological polar surface area (TPSA) is 78.9 Å². The number of carbonyl (C=O) groups excluding carboxylic acids is 3. The Hall–Kier alpha value is -0.700. The van der Waals surface area contributed by atoms with Gasteiger partial charge in [0.2, 0.25) is 0 Å². The second-order valence-corrected chi connectivity index (χ2v) is 10.1. The van der Waals surface area contributed by atoms with Gasteiger partial charge >= 0.3 is 17.9 Å². The van der Waals surface area contributed by atoms with Crippen molar-refractivity contribution in [1.29, 1.82) is 0 Å². The van der Waals surface area contributed by atoms with Crippen LogP contribution in [0.15, 0.2) is 36.4 Å². The maximum Gasteiger partial charge on any atom is 0.339 e. The molecule has 0 aliphatic carbocycles. The van der Waals surface area contributed by atoms with Gasteiger partial charge in [0.05, 0.1) is 5.56 Å². The highest BCUT2D eigenvalue weighted by atomic mass is 127. The zero-order valence-corrected chi connectivity index (χ0v) is 23.4. The van der Waals surface area contributed by atoms with Crippen molar-refractivity contribution in [3.8, 4) is 0 Å². The van der Waals surface area contributed by atoms with E-state index in [1.54, 1.807) is 6.07 Å². The third kappa shape index (κ3) is 8.81. The first-order valence-corrected chi connectivity index (χ1v) is 12.2. The SMILES string of the molecule is C=C(C)C(=O)OCC(CC(CC)OC(=O)c1cc(I)cc(I)c1I)OC(=O)C(=C)C. The highest BCUT2D eigenvalue weighted by Gasteiger charge is 2.25. The molecule has 2 unspecified atom stereocenters. The molecular formula is C21H23I3O6. The van der Waals surface area contributed by atoms with Crippen molar-refractivity contribution >= 4 is 85.7 Å². The van der Waals surface area contributed by atoms with E-state index >= 15 is 0 Å². The number of hydrogen-bond donors (Lipinski definition) is 0. The Balaban J connectivity index is 2.94. The van der Waals surface area contributed by atoms with Crippen molar-refractivity contribution in [2.45, 2.75) is 45.8 Å². The third-order valence-corrected chi connectivity index (χ3v) is 7.51. The van der Waals surface area contributed by atoms with Gasteiger partial charge in [0.15, 0.2) is 0 Å². The molecule has 6 nitrogen and oxygen atoms in total. The molecule has 0 spiro atoms. The summed E-state index contributed by atoms with van der Waals surface area (Å²) in [7, 11) is 0. The average molecular weight is 752 g/mol. The van der Waals surface area contributed by atoms with E-state index in [1.165, 1.54) is 13.8 Å². The van der Waals surface area contributed by atoms with Gasteiger partial charge in [-0.05, 0) is 100 Å². The zero-order valence-electron chi connectivity index (χ0n) is 16.9. The van der Waals surface area contributed by atoms with Crippen LogP contribution < -0.4 is 0 Å². The minimum atomic E-state index is -0.787. The van der Waals surface area contributed by atoms with Crippen LogP contribution in [0.25, 0.3) is 0 Å². The Morgan fingerprint density at radius 3 is 2.10 bits per heavy atom. The molecule has 164 valence electrons. The lowest BCUT2D eigenvalue weighted by molar-refractivity contribution is -0.155. The van der Waals surface area contributed by atoms with Gasteiger partial charge in [0.25, 0.3) is 0 Å². The first-order valence-electron chi connectivity index (χ1n) is 9.00. The standard InChI is InChI=1S/C21H23I3O6/c1-6-14(29-21(27)16-7-13(22)8-17(23)18(16)24)9-15(30-20(26)12(4)5)10-28-19(25)11(2)3/h7-8,14-15H,2,4,6,9-10H2,1,3,5H3. The molecule has 30 heavy (non-hydrogen) atoms. The quantitative estimate of drug-likeness (QED) is 0.104. The fourth-order valence-electron chi connectivity index (χ4n) is 2.20. The van der Waals surface area contributed by atoms with Crippen LogP contribution in [0, 0.1) is 10.7 Å². The van der Waals surface area contributed by atoms with E-state index in [9.17, 15) is 14.4 Å². The van der Waals surface area contributed by atoms with Crippen LogP contribution in [-0.4, -0.2) is 36.7 Å². The molecule has 0 radical (unpaired) electrons. The summed E-state index contributed by atoms with van der Waals surface area (Å²) < 4.78 is 18.9. The van der Waals surface area contributed by atoms with Crippen LogP contribution >= 0.6 is 67.8 Å². The summed E-state index contributed by atoms with van der Waals surface area (Å²) >= 11 is 6.43. The lowest BCUT2D eigenvalue weighted by atomic mass is 10.1. The minimum Gasteiger partial charge on any atom is -0.459 e. The molecule has 0 aliphatic heterocycles. The molecule has 1 rings (SSSR count). The second kappa shape index (κ2) is 13.0. The number of benzene rings is 1. The molecular weight excluding hydrogens is 729 g/mol. The Bertz CT molecular complexity index is 849. The van der Waals surface area contributed by atoms with Gasteiger partial charge in [-0.25, -0.2) is 14.4 Å². The summed E-state index contributed by atoms with van der Waals surface area (Å²) in [6, 6.07) is 3.74. The maximum atomic E-state index is 12.8. The molecule has 0 heterocycles. The smallest absolute Gasteiger partial charge is 0.339 e. The van der Waals surface area contributed by atoms with Gasteiger partial charge in [-0.3, -0.25) is 0 Å². The van der Waals surface area contributed by atoms with Crippen molar-refractivity contribution in [2.24, 2.45) is 0 Å². The van der Waals surface area contributed by atoms with Crippen molar-refractivity contribution in [3.05, 3.63) is 52.7 Å².